The van der Waals surface area contributed by atoms with Gasteiger partial charge in [-0.1, -0.05) is 23.8 Å². The number of carbonyl (C=O) groups is 3. The maximum Gasteiger partial charge on any atom is 0.233 e. The maximum absolute atomic E-state index is 12.9. The second-order valence-corrected chi connectivity index (χ2v) is 9.17. The standard InChI is InChI=1S/C20H18BrClN2O3/c21-14-4-1-9(7-15(14)22)23-16(25)5-6-24-19(26)17-10-2-3-11(13-8-12(10)13)18(17)20(24)27/h1-4,7,10-13,17-18H,5-6,8H2,(H,23,25)/t10-,11-,12-,13+,17+,18+/m0/s1. The number of halogens is 2. The Morgan fingerprint density at radius 1 is 1.15 bits per heavy atom. The summed E-state index contributed by atoms with van der Waals surface area (Å²) in [6.07, 6.45) is 5.53. The Bertz CT molecular complexity index is 865. The first-order chi connectivity index (χ1) is 13.0. The molecule has 5 nitrogen and oxygen atoms in total. The number of amides is 3. The lowest BCUT2D eigenvalue weighted by atomic mass is 9.63. The van der Waals surface area contributed by atoms with E-state index in [0.29, 0.717) is 22.5 Å². The van der Waals surface area contributed by atoms with Crippen LogP contribution in [0.25, 0.3) is 0 Å². The molecule has 1 saturated heterocycles. The predicted molar refractivity (Wildman–Crippen MR) is 104 cm³/mol. The van der Waals surface area contributed by atoms with Gasteiger partial charge in [0.1, 0.15) is 0 Å². The van der Waals surface area contributed by atoms with Gasteiger partial charge in [0.2, 0.25) is 17.7 Å². The van der Waals surface area contributed by atoms with Crippen molar-refractivity contribution in [2.24, 2.45) is 35.5 Å². The van der Waals surface area contributed by atoms with E-state index in [9.17, 15) is 14.4 Å². The summed E-state index contributed by atoms with van der Waals surface area (Å²) in [5, 5.41) is 3.27. The summed E-state index contributed by atoms with van der Waals surface area (Å²) in [5.74, 6) is 0.771. The molecule has 0 unspecified atom stereocenters. The molecule has 4 aliphatic carbocycles. The summed E-state index contributed by atoms with van der Waals surface area (Å²) in [6, 6.07) is 5.15. The number of hydrogen-bond acceptors (Lipinski definition) is 3. The lowest BCUT2D eigenvalue weighted by molar-refractivity contribution is -0.140. The van der Waals surface area contributed by atoms with Crippen LogP contribution in [-0.4, -0.2) is 29.2 Å². The van der Waals surface area contributed by atoms with Crippen LogP contribution in [0.3, 0.4) is 0 Å². The van der Waals surface area contributed by atoms with Crippen molar-refractivity contribution in [2.75, 3.05) is 11.9 Å². The Balaban J connectivity index is 1.24. The van der Waals surface area contributed by atoms with Crippen LogP contribution in [0.5, 0.6) is 0 Å². The van der Waals surface area contributed by atoms with Gasteiger partial charge in [-0.15, -0.1) is 0 Å². The number of benzene rings is 1. The topological polar surface area (TPSA) is 66.5 Å². The second kappa shape index (κ2) is 6.17. The number of allylic oxidation sites excluding steroid dienone is 2. The molecule has 3 fully saturated rings. The molecule has 1 aromatic rings. The van der Waals surface area contributed by atoms with Crippen LogP contribution in [0.15, 0.2) is 34.8 Å². The molecule has 140 valence electrons. The van der Waals surface area contributed by atoms with E-state index in [1.807, 2.05) is 0 Å². The van der Waals surface area contributed by atoms with Crippen molar-refractivity contribution in [2.45, 2.75) is 12.8 Å². The number of nitrogens with zero attached hydrogens (tertiary/aromatic N) is 1. The van der Waals surface area contributed by atoms with Crippen molar-refractivity contribution in [3.8, 4) is 0 Å². The number of nitrogens with one attached hydrogen (secondary N) is 1. The van der Waals surface area contributed by atoms with E-state index in [1.54, 1.807) is 18.2 Å². The summed E-state index contributed by atoms with van der Waals surface area (Å²) < 4.78 is 0.749. The number of imide groups is 1. The molecule has 1 N–H and O–H groups in total. The first-order valence-corrected chi connectivity index (χ1v) is 10.4. The van der Waals surface area contributed by atoms with Crippen LogP contribution in [0.2, 0.25) is 5.02 Å². The van der Waals surface area contributed by atoms with Crippen LogP contribution in [-0.2, 0) is 14.4 Å². The monoisotopic (exact) mass is 448 g/mol. The van der Waals surface area contributed by atoms with Crippen molar-refractivity contribution in [3.05, 3.63) is 39.8 Å². The van der Waals surface area contributed by atoms with Crippen molar-refractivity contribution in [1.82, 2.24) is 4.90 Å². The molecule has 2 bridgehead atoms. The van der Waals surface area contributed by atoms with Gasteiger partial charge in [-0.2, -0.15) is 0 Å². The van der Waals surface area contributed by atoms with Crippen LogP contribution >= 0.6 is 27.5 Å². The zero-order valence-corrected chi connectivity index (χ0v) is 16.7. The van der Waals surface area contributed by atoms with Gasteiger partial charge in [0.25, 0.3) is 0 Å². The average molecular weight is 450 g/mol. The minimum absolute atomic E-state index is 0.0836. The molecule has 1 aromatic carbocycles. The second-order valence-electron chi connectivity index (χ2n) is 7.91. The zero-order chi connectivity index (χ0) is 18.9. The lowest BCUT2D eigenvalue weighted by Crippen LogP contribution is -2.40. The van der Waals surface area contributed by atoms with Crippen LogP contribution < -0.4 is 5.32 Å². The highest BCUT2D eigenvalue weighted by Gasteiger charge is 2.66. The molecule has 1 aliphatic heterocycles. The SMILES string of the molecule is O=C(CCN1C(=O)[C@@H]2[C@H]3C=C[C@@H]([C@@H]4C[C@H]34)[C@H]2C1=O)Nc1ccc(Br)c(Cl)c1. The first kappa shape index (κ1) is 17.4. The fraction of sp³-hybridized carbons (Fsp3) is 0.450. The van der Waals surface area contributed by atoms with Crippen LogP contribution in [0.4, 0.5) is 5.69 Å². The van der Waals surface area contributed by atoms with Gasteiger partial charge >= 0.3 is 0 Å². The van der Waals surface area contributed by atoms with Gasteiger partial charge in [0.15, 0.2) is 0 Å². The van der Waals surface area contributed by atoms with Gasteiger partial charge in [-0.05, 0) is 64.2 Å². The summed E-state index contributed by atoms with van der Waals surface area (Å²) in [6.45, 7) is 0.134. The Morgan fingerprint density at radius 3 is 2.37 bits per heavy atom. The third-order valence-electron chi connectivity index (χ3n) is 6.52. The van der Waals surface area contributed by atoms with Crippen molar-refractivity contribution in [1.29, 1.82) is 0 Å². The third-order valence-corrected chi connectivity index (χ3v) is 7.75. The highest BCUT2D eigenvalue weighted by molar-refractivity contribution is 9.10. The van der Waals surface area contributed by atoms with E-state index < -0.39 is 0 Å². The highest BCUT2D eigenvalue weighted by atomic mass is 79.9. The summed E-state index contributed by atoms with van der Waals surface area (Å²) >= 11 is 9.34. The molecular weight excluding hydrogens is 432 g/mol. The Labute approximate surface area is 170 Å². The van der Waals surface area contributed by atoms with Gasteiger partial charge in [0.05, 0.1) is 16.9 Å². The molecule has 7 heteroatoms. The van der Waals surface area contributed by atoms with Crippen LogP contribution in [0, 0.1) is 35.5 Å². The predicted octanol–water partition coefficient (Wildman–Crippen LogP) is 3.48. The lowest BCUT2D eigenvalue weighted by Gasteiger charge is -2.37. The average Bonchev–Trinajstić information content (AvgIpc) is 3.42. The molecule has 6 atom stereocenters. The van der Waals surface area contributed by atoms with E-state index in [4.69, 9.17) is 11.6 Å². The molecular formula is C20H18BrClN2O3. The zero-order valence-electron chi connectivity index (χ0n) is 14.4. The van der Waals surface area contributed by atoms with Gasteiger partial charge in [0, 0.05) is 23.1 Å². The third kappa shape index (κ3) is 2.68. The maximum atomic E-state index is 12.9. The van der Waals surface area contributed by atoms with E-state index in [1.165, 1.54) is 4.90 Å². The van der Waals surface area contributed by atoms with Gasteiger partial charge in [-0.3, -0.25) is 19.3 Å². The molecule has 0 spiro atoms. The first-order valence-electron chi connectivity index (χ1n) is 9.24. The molecule has 0 aromatic heterocycles. The summed E-state index contributed by atoms with van der Waals surface area (Å²) in [7, 11) is 0. The van der Waals surface area contributed by atoms with Crippen molar-refractivity contribution in [3.63, 3.8) is 0 Å². The van der Waals surface area contributed by atoms with Crippen molar-refractivity contribution >= 4 is 50.9 Å². The minimum Gasteiger partial charge on any atom is -0.326 e. The van der Waals surface area contributed by atoms with Crippen molar-refractivity contribution < 1.29 is 14.4 Å². The fourth-order valence-electron chi connectivity index (χ4n) is 5.25. The minimum atomic E-state index is -0.243. The number of carbonyl (C=O) groups excluding carboxylic acids is 3. The van der Waals surface area contributed by atoms with Crippen LogP contribution in [0.1, 0.15) is 12.8 Å². The molecule has 3 amide bonds. The Kier molecular flexibility index (Phi) is 3.99. The van der Waals surface area contributed by atoms with Gasteiger partial charge in [-0.25, -0.2) is 0 Å². The van der Waals surface area contributed by atoms with E-state index in [-0.39, 0.29) is 54.4 Å². The molecule has 6 rings (SSSR count). The molecule has 1 heterocycles. The molecule has 0 radical (unpaired) electrons. The molecule has 5 aliphatic rings. The molecule has 2 saturated carbocycles. The van der Waals surface area contributed by atoms with E-state index in [2.05, 4.69) is 33.4 Å². The van der Waals surface area contributed by atoms with Gasteiger partial charge < -0.3 is 5.32 Å². The van der Waals surface area contributed by atoms with E-state index in [0.717, 1.165) is 10.9 Å². The largest absolute Gasteiger partial charge is 0.326 e. The molecule has 27 heavy (non-hydrogen) atoms. The number of hydrogen-bond donors (Lipinski definition) is 1. The number of anilines is 1. The smallest absolute Gasteiger partial charge is 0.233 e. The quantitative estimate of drug-likeness (QED) is 0.565. The Morgan fingerprint density at radius 2 is 1.78 bits per heavy atom. The normalized spacial score (nSPS) is 35.3. The summed E-state index contributed by atoms with van der Waals surface area (Å²) in [4.78, 5) is 39.3. The summed E-state index contributed by atoms with van der Waals surface area (Å²) in [5.41, 5.74) is 0.586. The highest BCUT2D eigenvalue weighted by Crippen LogP contribution is 2.65. The fourth-order valence-corrected chi connectivity index (χ4v) is 5.68. The number of likely N-dealkylation sites (tertiary alicyclic amines) is 1. The van der Waals surface area contributed by atoms with E-state index >= 15 is 0 Å². The number of rotatable bonds is 4. The Hall–Kier alpha value is -1.66.